The highest BCUT2D eigenvalue weighted by molar-refractivity contribution is 8.00. The summed E-state index contributed by atoms with van der Waals surface area (Å²) in [4.78, 5) is 89.8. The van der Waals surface area contributed by atoms with Crippen molar-refractivity contribution in [1.82, 2.24) is 66.3 Å². The maximum absolute atomic E-state index is 14.6. The summed E-state index contributed by atoms with van der Waals surface area (Å²) in [7, 11) is 1.55. The third-order valence-electron chi connectivity index (χ3n) is 10.6. The van der Waals surface area contributed by atoms with Gasteiger partial charge in [0, 0.05) is 62.4 Å². The molecular formula is C46H50N16O9S2. The number of carbonyl (C=O) groups is 3. The second kappa shape index (κ2) is 23.3. The van der Waals surface area contributed by atoms with Gasteiger partial charge in [-0.2, -0.15) is 20.2 Å². The summed E-state index contributed by atoms with van der Waals surface area (Å²) in [6.45, 7) is 6.47. The lowest BCUT2D eigenvalue weighted by molar-refractivity contribution is -0.122. The SMILES string of the molecule is COc1ccc(-c2noc(C(CC(=O)NCCCNc3n[nH]c(=O)c4nccnc34)N(C(=O)OC(C)(C)C)c3nc(SC)sc3-c3noc(CCC(=O)NCCCNc4n[nH]c(=O)c5ccccc45)n3)n2)cc1. The van der Waals surface area contributed by atoms with Crippen molar-refractivity contribution in [2.75, 3.05) is 55.1 Å². The Morgan fingerprint density at radius 1 is 0.795 bits per heavy atom. The molecule has 6 N–H and O–H groups in total. The van der Waals surface area contributed by atoms with E-state index in [-0.39, 0.29) is 65.6 Å². The van der Waals surface area contributed by atoms with E-state index < -0.39 is 35.6 Å². The van der Waals surface area contributed by atoms with Gasteiger partial charge in [-0.15, -0.1) is 11.3 Å². The van der Waals surface area contributed by atoms with Gasteiger partial charge in [-0.25, -0.2) is 34.8 Å². The molecule has 0 spiro atoms. The zero-order valence-electron chi connectivity index (χ0n) is 40.2. The van der Waals surface area contributed by atoms with Crippen LogP contribution in [0, 0.1) is 0 Å². The molecule has 27 heteroatoms. The second-order valence-electron chi connectivity index (χ2n) is 17.0. The Hall–Kier alpha value is -8.33. The van der Waals surface area contributed by atoms with E-state index in [0.717, 1.165) is 0 Å². The number of thioether (sulfide) groups is 1. The highest BCUT2D eigenvalue weighted by atomic mass is 32.2. The minimum absolute atomic E-state index is 0.0299. The summed E-state index contributed by atoms with van der Waals surface area (Å²) in [5, 5.41) is 34.9. The molecule has 8 rings (SSSR count). The smallest absolute Gasteiger partial charge is 0.416 e. The zero-order valence-corrected chi connectivity index (χ0v) is 41.8. The van der Waals surface area contributed by atoms with Gasteiger partial charge in [-0.05, 0) is 70.2 Å². The number of nitrogens with zero attached hydrogens (tertiary/aromatic N) is 10. The normalized spacial score (nSPS) is 11.8. The molecule has 0 saturated heterocycles. The van der Waals surface area contributed by atoms with Crippen LogP contribution in [0.3, 0.4) is 0 Å². The molecule has 0 aliphatic carbocycles. The van der Waals surface area contributed by atoms with E-state index in [0.29, 0.717) is 80.9 Å². The third-order valence-corrected chi connectivity index (χ3v) is 12.7. The van der Waals surface area contributed by atoms with Crippen LogP contribution in [0.5, 0.6) is 5.75 Å². The maximum Gasteiger partial charge on any atom is 0.416 e. The minimum Gasteiger partial charge on any atom is -0.497 e. The number of hydrogen-bond donors (Lipinski definition) is 6. The van der Waals surface area contributed by atoms with E-state index in [9.17, 15) is 24.0 Å². The number of aromatic nitrogens is 11. The summed E-state index contributed by atoms with van der Waals surface area (Å²) in [5.41, 5.74) is -0.759. The number of H-pyrrole nitrogens is 2. The summed E-state index contributed by atoms with van der Waals surface area (Å²) in [6, 6.07) is 12.8. The van der Waals surface area contributed by atoms with Crippen LogP contribution >= 0.6 is 23.1 Å². The van der Waals surface area contributed by atoms with Crippen molar-refractivity contribution in [2.24, 2.45) is 0 Å². The monoisotopic (exact) mass is 1030 g/mol. The van der Waals surface area contributed by atoms with E-state index in [1.54, 1.807) is 64.3 Å². The van der Waals surface area contributed by atoms with E-state index in [2.05, 4.69) is 71.9 Å². The molecule has 2 aromatic carbocycles. The molecule has 0 aliphatic rings. The fourth-order valence-corrected chi connectivity index (χ4v) is 8.67. The first-order chi connectivity index (χ1) is 35.3. The number of fused-ring (bicyclic) bond motifs is 2. The van der Waals surface area contributed by atoms with Gasteiger partial charge in [0.15, 0.2) is 27.3 Å². The molecule has 3 amide bonds. The average Bonchev–Trinajstić information content (AvgIpc) is 4.17. The second-order valence-corrected chi connectivity index (χ2v) is 19.0. The highest BCUT2D eigenvalue weighted by Gasteiger charge is 2.40. The molecule has 8 aromatic rings. The molecule has 1 atom stereocenters. The Labute approximate surface area is 423 Å². The van der Waals surface area contributed by atoms with Gasteiger partial charge < -0.3 is 39.8 Å². The van der Waals surface area contributed by atoms with Gasteiger partial charge in [0.1, 0.15) is 27.8 Å². The molecule has 380 valence electrons. The lowest BCUT2D eigenvalue weighted by Gasteiger charge is -2.30. The van der Waals surface area contributed by atoms with E-state index in [1.165, 1.54) is 40.4 Å². The van der Waals surface area contributed by atoms with Crippen LogP contribution in [0.25, 0.3) is 43.9 Å². The van der Waals surface area contributed by atoms with Gasteiger partial charge in [0.25, 0.3) is 17.0 Å². The quantitative estimate of drug-likeness (QED) is 0.0371. The third kappa shape index (κ3) is 12.8. The number of anilines is 3. The minimum atomic E-state index is -1.30. The number of benzene rings is 2. The molecule has 1 unspecified atom stereocenters. The topological polar surface area (TPSA) is 329 Å². The summed E-state index contributed by atoms with van der Waals surface area (Å²) in [6.07, 6.45) is 4.52. The van der Waals surface area contributed by atoms with Crippen molar-refractivity contribution in [3.8, 4) is 27.8 Å². The number of rotatable bonds is 22. The molecule has 0 bridgehead atoms. The van der Waals surface area contributed by atoms with Gasteiger partial charge in [-0.1, -0.05) is 40.3 Å². The molecule has 0 fully saturated rings. The summed E-state index contributed by atoms with van der Waals surface area (Å²) >= 11 is 2.48. The Kier molecular flexibility index (Phi) is 16.3. The molecule has 0 saturated carbocycles. The number of nitrogens with one attached hydrogen (secondary N) is 6. The number of aryl methyl sites for hydroxylation is 1. The van der Waals surface area contributed by atoms with E-state index >= 15 is 0 Å². The largest absolute Gasteiger partial charge is 0.497 e. The number of amides is 3. The predicted molar refractivity (Wildman–Crippen MR) is 270 cm³/mol. The molecule has 0 radical (unpaired) electrons. The van der Waals surface area contributed by atoms with Gasteiger partial charge in [0.05, 0.1) is 18.9 Å². The first-order valence-corrected chi connectivity index (χ1v) is 24.9. The van der Waals surface area contributed by atoms with Crippen molar-refractivity contribution >= 4 is 80.3 Å². The van der Waals surface area contributed by atoms with Crippen molar-refractivity contribution in [3.05, 3.63) is 93.4 Å². The van der Waals surface area contributed by atoms with Crippen molar-refractivity contribution in [2.45, 2.75) is 68.9 Å². The zero-order chi connectivity index (χ0) is 51.5. The standard InChI is InChI=1S/C46H50N16O9S2/c1-46(2,3)69-45(67)62(40-35(73-44(55-40)72-5)39-53-32(70-61-39)17-16-30(63)47-18-8-20-51-37-27-10-6-7-11-28(27)41(65)58-56-37)29(43-54-36(60-71-43)25-12-14-26(68-4)15-13-25)24-31(64)48-19-9-21-52-38-33-34(42(66)59-57-38)50-23-22-49-33/h6-7,10-15,22-23,29H,8-9,16-21,24H2,1-5H3,(H,47,63)(H,48,64)(H,51,56)(H,52,57)(H,58,65)(H,59,66). The first-order valence-electron chi connectivity index (χ1n) is 22.8. The number of thiazole rings is 1. The predicted octanol–water partition coefficient (Wildman–Crippen LogP) is 5.28. The Bertz CT molecular complexity index is 3330. The van der Waals surface area contributed by atoms with Crippen LogP contribution in [0.4, 0.5) is 22.2 Å². The number of aromatic amines is 2. The van der Waals surface area contributed by atoms with Crippen LogP contribution in [0.15, 0.2) is 83.9 Å². The van der Waals surface area contributed by atoms with Crippen molar-refractivity contribution in [3.63, 3.8) is 0 Å². The number of carbonyl (C=O) groups excluding carboxylic acids is 3. The van der Waals surface area contributed by atoms with Crippen LogP contribution in [-0.4, -0.2) is 119 Å². The van der Waals surface area contributed by atoms with Crippen molar-refractivity contribution < 1.29 is 32.9 Å². The highest BCUT2D eigenvalue weighted by Crippen LogP contribution is 2.43. The van der Waals surface area contributed by atoms with Crippen LogP contribution in [0.2, 0.25) is 0 Å². The first kappa shape index (κ1) is 51.0. The average molecular weight is 1040 g/mol. The Balaban J connectivity index is 0.987. The lowest BCUT2D eigenvalue weighted by Crippen LogP contribution is -2.42. The fourth-order valence-electron chi connectivity index (χ4n) is 7.19. The van der Waals surface area contributed by atoms with Gasteiger partial charge >= 0.3 is 6.09 Å². The van der Waals surface area contributed by atoms with Crippen LogP contribution < -0.4 is 42.0 Å². The number of ether oxygens (including phenoxy) is 2. The Morgan fingerprint density at radius 3 is 2.19 bits per heavy atom. The van der Waals surface area contributed by atoms with E-state index in [1.807, 2.05) is 18.4 Å². The molecule has 0 aliphatic heterocycles. The molecule has 73 heavy (non-hydrogen) atoms. The molecular weight excluding hydrogens is 985 g/mol. The van der Waals surface area contributed by atoms with Crippen LogP contribution in [-0.2, 0) is 20.7 Å². The number of hydrogen-bond acceptors (Lipinski definition) is 22. The molecule has 25 nitrogen and oxygen atoms in total. The molecule has 6 aromatic heterocycles. The fraction of sp³-hybridized carbons (Fsp3) is 0.348. The van der Waals surface area contributed by atoms with Gasteiger partial charge in [-0.3, -0.25) is 19.2 Å². The maximum atomic E-state index is 14.6. The van der Waals surface area contributed by atoms with Crippen LogP contribution in [0.1, 0.15) is 64.3 Å². The lowest BCUT2D eigenvalue weighted by atomic mass is 10.1. The summed E-state index contributed by atoms with van der Waals surface area (Å²) < 4.78 is 23.3. The number of methoxy groups -OCH3 is 1. The molecule has 6 heterocycles. The van der Waals surface area contributed by atoms with Crippen molar-refractivity contribution in [1.29, 1.82) is 0 Å². The van der Waals surface area contributed by atoms with Gasteiger partial charge in [0.2, 0.25) is 29.4 Å². The Morgan fingerprint density at radius 2 is 1.47 bits per heavy atom. The van der Waals surface area contributed by atoms with E-state index in [4.69, 9.17) is 23.5 Å². The summed E-state index contributed by atoms with van der Waals surface area (Å²) in [5.74, 6) is 1.06.